The minimum absolute atomic E-state index is 0.0252. The van der Waals surface area contributed by atoms with Gasteiger partial charge in [0.1, 0.15) is 28.4 Å². The van der Waals surface area contributed by atoms with Crippen LogP contribution in [-0.4, -0.2) is 50.3 Å². The first-order valence-corrected chi connectivity index (χ1v) is 11.6. The highest BCUT2D eigenvalue weighted by Gasteiger charge is 2.21. The fraction of sp³-hybridized carbons (Fsp3) is 0.200. The normalized spacial score (nSPS) is 10.5. The van der Waals surface area contributed by atoms with Gasteiger partial charge in [0.15, 0.2) is 5.16 Å². The molecule has 0 bridgehead atoms. The minimum atomic E-state index is -1.11. The summed E-state index contributed by atoms with van der Waals surface area (Å²) in [5.74, 6) is 0.188. The first-order valence-electron chi connectivity index (χ1n) is 9.42. The molecule has 0 aliphatic carbocycles. The number of nitrogens with zero attached hydrogens (tertiary/aromatic N) is 4. The summed E-state index contributed by atoms with van der Waals surface area (Å²) >= 11 is 2.68. The summed E-state index contributed by atoms with van der Waals surface area (Å²) in [5, 5.41) is 27.4. The molecule has 2 heterocycles. The van der Waals surface area contributed by atoms with Gasteiger partial charge in [0, 0.05) is 24.9 Å². The second-order valence-corrected chi connectivity index (χ2v) is 8.07. The number of hydrogen-bond donors (Lipinski definition) is 3. The number of nitro groups is 1. The highest BCUT2D eigenvalue weighted by Crippen LogP contribution is 2.30. The smallest absolute Gasteiger partial charge is 0.342 e. The van der Waals surface area contributed by atoms with Crippen LogP contribution in [0.1, 0.15) is 15.9 Å². The first-order chi connectivity index (χ1) is 15.5. The maximum Gasteiger partial charge on any atom is 0.342 e. The van der Waals surface area contributed by atoms with Gasteiger partial charge in [0.25, 0.3) is 5.69 Å². The molecule has 0 saturated heterocycles. The molecule has 32 heavy (non-hydrogen) atoms. The van der Waals surface area contributed by atoms with E-state index in [1.165, 1.54) is 41.9 Å². The molecule has 0 atom stereocenters. The fourth-order valence-electron chi connectivity index (χ4n) is 2.63. The molecular formula is C20H20N6O4S2. The lowest BCUT2D eigenvalue weighted by Crippen LogP contribution is -2.18. The molecule has 3 aromatic rings. The van der Waals surface area contributed by atoms with E-state index in [4.69, 9.17) is 0 Å². The molecule has 0 unspecified atom stereocenters. The third-order valence-corrected chi connectivity index (χ3v) is 5.75. The Hall–Kier alpha value is -3.38. The predicted molar refractivity (Wildman–Crippen MR) is 125 cm³/mol. The van der Waals surface area contributed by atoms with Gasteiger partial charge in [-0.1, -0.05) is 42.1 Å². The Kier molecular flexibility index (Phi) is 8.22. The average molecular weight is 473 g/mol. The van der Waals surface area contributed by atoms with Gasteiger partial charge in [-0.2, -0.15) is 0 Å². The molecular weight excluding hydrogens is 452 g/mol. The Morgan fingerprint density at radius 3 is 2.50 bits per heavy atom. The van der Waals surface area contributed by atoms with E-state index in [-0.39, 0.29) is 17.1 Å². The van der Waals surface area contributed by atoms with Gasteiger partial charge in [-0.3, -0.25) is 10.1 Å². The number of anilines is 2. The quantitative estimate of drug-likeness (QED) is 0.0929. The Morgan fingerprint density at radius 1 is 1.12 bits per heavy atom. The number of hydrogen-bond acceptors (Lipinski definition) is 10. The van der Waals surface area contributed by atoms with Gasteiger partial charge in [0.05, 0.1) is 4.92 Å². The van der Waals surface area contributed by atoms with Gasteiger partial charge in [-0.05, 0) is 17.9 Å². The van der Waals surface area contributed by atoms with Gasteiger partial charge in [0.2, 0.25) is 0 Å². The van der Waals surface area contributed by atoms with Crippen molar-refractivity contribution in [2.45, 2.75) is 15.9 Å². The molecule has 0 spiro atoms. The number of thioether (sulfide) groups is 2. The van der Waals surface area contributed by atoms with Crippen molar-refractivity contribution in [3.05, 3.63) is 69.9 Å². The van der Waals surface area contributed by atoms with Crippen molar-refractivity contribution in [2.75, 3.05) is 30.0 Å². The Balaban J connectivity index is 1.68. The fourth-order valence-corrected chi connectivity index (χ4v) is 4.03. The predicted octanol–water partition coefficient (Wildman–Crippen LogP) is 4.02. The van der Waals surface area contributed by atoms with Crippen LogP contribution in [-0.2, 0) is 5.75 Å². The van der Waals surface area contributed by atoms with Crippen molar-refractivity contribution in [3.63, 3.8) is 0 Å². The van der Waals surface area contributed by atoms with Crippen molar-refractivity contribution in [1.82, 2.24) is 15.0 Å². The Bertz CT molecular complexity index is 1080. The van der Waals surface area contributed by atoms with Crippen molar-refractivity contribution in [2.24, 2.45) is 0 Å². The number of benzene rings is 1. The molecule has 0 amide bonds. The Morgan fingerprint density at radius 2 is 1.88 bits per heavy atom. The van der Waals surface area contributed by atoms with Gasteiger partial charge in [-0.15, -0.1) is 11.8 Å². The van der Waals surface area contributed by atoms with Crippen molar-refractivity contribution >= 4 is 46.8 Å². The number of carboxylic acids is 1. The summed E-state index contributed by atoms with van der Waals surface area (Å²) in [4.78, 5) is 34.9. The van der Waals surface area contributed by atoms with Gasteiger partial charge in [-0.25, -0.2) is 19.7 Å². The standard InChI is InChI=1S/C20H20N6O4S2/c1-31-20-24-17(22-10-9-21-15-8-7-14(11-23-15)26(29)30)16(19(27)28)18(25-20)32-12-13-5-3-2-4-6-13/h2-8,11H,9-10,12H2,1H3,(H,21,23)(H,27,28)(H,22,24,25). The van der Waals surface area contributed by atoms with Crippen LogP contribution in [0.5, 0.6) is 0 Å². The molecule has 0 radical (unpaired) electrons. The van der Waals surface area contributed by atoms with E-state index in [9.17, 15) is 20.0 Å². The monoisotopic (exact) mass is 472 g/mol. The van der Waals surface area contributed by atoms with E-state index >= 15 is 0 Å². The minimum Gasteiger partial charge on any atom is -0.477 e. The third-order valence-electron chi connectivity index (χ3n) is 4.15. The number of pyridine rings is 1. The molecule has 12 heteroatoms. The van der Waals surface area contributed by atoms with Crippen molar-refractivity contribution in [3.8, 4) is 0 Å². The summed E-state index contributed by atoms with van der Waals surface area (Å²) in [6, 6.07) is 12.6. The van der Waals surface area contributed by atoms with Crippen LogP contribution >= 0.6 is 23.5 Å². The molecule has 0 saturated carbocycles. The highest BCUT2D eigenvalue weighted by molar-refractivity contribution is 7.99. The topological polar surface area (TPSA) is 143 Å². The van der Waals surface area contributed by atoms with Gasteiger partial charge >= 0.3 is 5.97 Å². The van der Waals surface area contributed by atoms with E-state index < -0.39 is 10.9 Å². The molecule has 1 aromatic carbocycles. The zero-order chi connectivity index (χ0) is 22.9. The third kappa shape index (κ3) is 6.31. The lowest BCUT2D eigenvalue weighted by Gasteiger charge is -2.14. The number of carbonyl (C=O) groups is 1. The van der Waals surface area contributed by atoms with Crippen LogP contribution in [0.25, 0.3) is 0 Å². The first kappa shape index (κ1) is 23.3. The summed E-state index contributed by atoms with van der Waals surface area (Å²) in [6.45, 7) is 0.752. The van der Waals surface area contributed by atoms with E-state index in [1.54, 1.807) is 0 Å². The average Bonchev–Trinajstić information content (AvgIpc) is 2.80. The van der Waals surface area contributed by atoms with Crippen molar-refractivity contribution in [1.29, 1.82) is 0 Å². The van der Waals surface area contributed by atoms with Crippen LogP contribution in [0.4, 0.5) is 17.3 Å². The molecule has 166 valence electrons. The van der Waals surface area contributed by atoms with Crippen LogP contribution in [0.2, 0.25) is 0 Å². The SMILES string of the molecule is CSc1nc(NCCNc2ccc([N+](=O)[O-])cn2)c(C(=O)O)c(SCc2ccccc2)n1. The van der Waals surface area contributed by atoms with E-state index in [0.29, 0.717) is 34.8 Å². The molecule has 3 rings (SSSR count). The van der Waals surface area contributed by atoms with Crippen LogP contribution < -0.4 is 10.6 Å². The highest BCUT2D eigenvalue weighted by atomic mass is 32.2. The maximum atomic E-state index is 12.0. The largest absolute Gasteiger partial charge is 0.477 e. The summed E-state index contributed by atoms with van der Waals surface area (Å²) in [7, 11) is 0. The summed E-state index contributed by atoms with van der Waals surface area (Å²) in [6.07, 6.45) is 3.00. The summed E-state index contributed by atoms with van der Waals surface area (Å²) < 4.78 is 0. The van der Waals surface area contributed by atoms with Crippen LogP contribution in [0.3, 0.4) is 0 Å². The number of rotatable bonds is 11. The molecule has 0 aliphatic rings. The second kappa shape index (κ2) is 11.3. The van der Waals surface area contributed by atoms with E-state index in [2.05, 4.69) is 25.6 Å². The number of aromatic nitrogens is 3. The van der Waals surface area contributed by atoms with E-state index in [0.717, 1.165) is 5.56 Å². The molecule has 0 fully saturated rings. The molecule has 0 aliphatic heterocycles. The zero-order valence-electron chi connectivity index (χ0n) is 17.0. The van der Waals surface area contributed by atoms with Gasteiger partial charge < -0.3 is 15.7 Å². The van der Waals surface area contributed by atoms with Crippen LogP contribution in [0.15, 0.2) is 58.8 Å². The second-order valence-electron chi connectivity index (χ2n) is 6.33. The van der Waals surface area contributed by atoms with E-state index in [1.807, 2.05) is 36.6 Å². The molecule has 2 aromatic heterocycles. The number of aromatic carboxylic acids is 1. The lowest BCUT2D eigenvalue weighted by atomic mass is 10.2. The summed E-state index contributed by atoms with van der Waals surface area (Å²) in [5.41, 5.74) is 0.996. The Labute approximate surface area is 192 Å². The lowest BCUT2D eigenvalue weighted by molar-refractivity contribution is -0.385. The zero-order valence-corrected chi connectivity index (χ0v) is 18.7. The number of carboxylic acid groups (broad SMARTS) is 1. The number of nitrogens with one attached hydrogen (secondary N) is 2. The van der Waals surface area contributed by atoms with Crippen LogP contribution in [0, 0.1) is 10.1 Å². The molecule has 3 N–H and O–H groups in total. The van der Waals surface area contributed by atoms with Crippen molar-refractivity contribution < 1.29 is 14.8 Å². The molecule has 10 nitrogen and oxygen atoms in total. The maximum absolute atomic E-state index is 12.0.